The van der Waals surface area contributed by atoms with Crippen molar-refractivity contribution in [1.82, 2.24) is 0 Å². The monoisotopic (exact) mass is 346 g/mol. The van der Waals surface area contributed by atoms with Gasteiger partial charge in [0.25, 0.3) is 0 Å². The molecule has 0 heterocycles. The maximum Gasteiger partial charge on any atom is 0.248 e. The molecule has 1 atom stereocenters. The molecule has 0 saturated carbocycles. The maximum atomic E-state index is 12.3. The Kier molecular flexibility index (Phi) is 4.68. The lowest BCUT2D eigenvalue weighted by Crippen LogP contribution is -2.51. The lowest BCUT2D eigenvalue weighted by Gasteiger charge is -2.37. The molecule has 2 aromatic carbocycles. The van der Waals surface area contributed by atoms with Crippen LogP contribution in [0.4, 0.5) is 5.69 Å². The van der Waals surface area contributed by atoms with E-state index < -0.39 is 5.54 Å². The van der Waals surface area contributed by atoms with E-state index in [4.69, 9.17) is 5.73 Å². The molecule has 3 nitrogen and oxygen atoms in total. The molecule has 0 aliphatic carbocycles. The SMILES string of the molecule is CC(C)C(Nc1cccc(Br)c1)(C(N)=O)c1ccccc1. The number of amides is 1. The van der Waals surface area contributed by atoms with Gasteiger partial charge in [-0.15, -0.1) is 0 Å². The zero-order valence-corrected chi connectivity index (χ0v) is 13.7. The second-order valence-corrected chi connectivity index (χ2v) is 6.24. The summed E-state index contributed by atoms with van der Waals surface area (Å²) in [5.41, 5.74) is 6.55. The molecule has 2 aromatic rings. The zero-order chi connectivity index (χ0) is 15.5. The predicted octanol–water partition coefficient (Wildman–Crippen LogP) is 3.90. The van der Waals surface area contributed by atoms with Crippen LogP contribution in [0.1, 0.15) is 19.4 Å². The third kappa shape index (κ3) is 3.10. The van der Waals surface area contributed by atoms with Gasteiger partial charge in [0.1, 0.15) is 5.54 Å². The van der Waals surface area contributed by atoms with Crippen molar-refractivity contribution in [1.29, 1.82) is 0 Å². The van der Waals surface area contributed by atoms with Gasteiger partial charge in [-0.1, -0.05) is 66.2 Å². The van der Waals surface area contributed by atoms with Crippen LogP contribution >= 0.6 is 15.9 Å². The molecule has 110 valence electrons. The molecule has 1 amide bonds. The van der Waals surface area contributed by atoms with E-state index in [-0.39, 0.29) is 11.8 Å². The molecule has 0 spiro atoms. The van der Waals surface area contributed by atoms with Crippen molar-refractivity contribution in [2.75, 3.05) is 5.32 Å². The van der Waals surface area contributed by atoms with Crippen LogP contribution in [0.15, 0.2) is 59.1 Å². The first-order valence-corrected chi connectivity index (χ1v) is 7.65. The Balaban J connectivity index is 2.53. The highest BCUT2D eigenvalue weighted by Crippen LogP contribution is 2.34. The van der Waals surface area contributed by atoms with Crippen LogP contribution in [0.5, 0.6) is 0 Å². The fourth-order valence-corrected chi connectivity index (χ4v) is 2.93. The maximum absolute atomic E-state index is 12.3. The largest absolute Gasteiger partial charge is 0.367 e. The van der Waals surface area contributed by atoms with Crippen molar-refractivity contribution in [3.63, 3.8) is 0 Å². The number of nitrogens with two attached hydrogens (primary N) is 1. The second-order valence-electron chi connectivity index (χ2n) is 5.33. The van der Waals surface area contributed by atoms with Gasteiger partial charge in [0.15, 0.2) is 0 Å². The summed E-state index contributed by atoms with van der Waals surface area (Å²) in [6.07, 6.45) is 0. The summed E-state index contributed by atoms with van der Waals surface area (Å²) in [5.74, 6) is -0.389. The zero-order valence-electron chi connectivity index (χ0n) is 12.1. The van der Waals surface area contributed by atoms with Crippen molar-refractivity contribution in [3.8, 4) is 0 Å². The third-order valence-corrected chi connectivity index (χ3v) is 4.14. The van der Waals surface area contributed by atoms with Gasteiger partial charge in [0.05, 0.1) is 0 Å². The van der Waals surface area contributed by atoms with Crippen LogP contribution in [0.25, 0.3) is 0 Å². The summed E-state index contributed by atoms with van der Waals surface area (Å²) < 4.78 is 0.947. The van der Waals surface area contributed by atoms with E-state index in [2.05, 4.69) is 21.2 Å². The lowest BCUT2D eigenvalue weighted by molar-refractivity contribution is -0.124. The minimum atomic E-state index is -0.942. The number of nitrogens with one attached hydrogen (secondary N) is 1. The first-order valence-electron chi connectivity index (χ1n) is 6.86. The van der Waals surface area contributed by atoms with Crippen LogP contribution < -0.4 is 11.1 Å². The molecule has 0 fully saturated rings. The van der Waals surface area contributed by atoms with E-state index in [0.717, 1.165) is 15.7 Å². The molecule has 21 heavy (non-hydrogen) atoms. The van der Waals surface area contributed by atoms with Crippen LogP contribution in [0, 0.1) is 5.92 Å². The van der Waals surface area contributed by atoms with E-state index in [0.29, 0.717) is 0 Å². The molecular formula is C17H19BrN2O. The van der Waals surface area contributed by atoms with Crippen molar-refractivity contribution in [3.05, 3.63) is 64.6 Å². The van der Waals surface area contributed by atoms with E-state index in [1.807, 2.05) is 68.4 Å². The molecule has 0 radical (unpaired) electrons. The van der Waals surface area contributed by atoms with E-state index >= 15 is 0 Å². The van der Waals surface area contributed by atoms with Crippen molar-refractivity contribution < 1.29 is 4.79 Å². The molecule has 3 N–H and O–H groups in total. The Labute approximate surface area is 133 Å². The van der Waals surface area contributed by atoms with E-state index in [1.54, 1.807) is 0 Å². The summed E-state index contributed by atoms with van der Waals surface area (Å²) in [5, 5.41) is 3.34. The minimum absolute atomic E-state index is 0.00335. The predicted molar refractivity (Wildman–Crippen MR) is 89.9 cm³/mol. The number of primary amides is 1. The Morgan fingerprint density at radius 2 is 1.81 bits per heavy atom. The number of carbonyl (C=O) groups excluding carboxylic acids is 1. The quantitative estimate of drug-likeness (QED) is 0.862. The smallest absolute Gasteiger partial charge is 0.248 e. The van der Waals surface area contributed by atoms with Crippen LogP contribution in [0.3, 0.4) is 0 Å². The van der Waals surface area contributed by atoms with Crippen LogP contribution in [0.2, 0.25) is 0 Å². The van der Waals surface area contributed by atoms with Crippen LogP contribution in [-0.4, -0.2) is 5.91 Å². The van der Waals surface area contributed by atoms with E-state index in [9.17, 15) is 4.79 Å². The average Bonchev–Trinajstić information content (AvgIpc) is 2.45. The number of anilines is 1. The fraction of sp³-hybridized carbons (Fsp3) is 0.235. The van der Waals surface area contributed by atoms with Gasteiger partial charge in [-0.3, -0.25) is 4.79 Å². The van der Waals surface area contributed by atoms with Gasteiger partial charge in [0.2, 0.25) is 5.91 Å². The number of benzene rings is 2. The Morgan fingerprint density at radius 1 is 1.14 bits per heavy atom. The molecular weight excluding hydrogens is 328 g/mol. The van der Waals surface area contributed by atoms with Gasteiger partial charge in [-0.25, -0.2) is 0 Å². The molecule has 2 rings (SSSR count). The standard InChI is InChI=1S/C17H19BrN2O/c1-12(2)17(16(19)21,13-7-4-3-5-8-13)20-15-10-6-9-14(18)11-15/h3-12,20H,1-2H3,(H2,19,21). The van der Waals surface area contributed by atoms with Gasteiger partial charge in [-0.2, -0.15) is 0 Å². The first-order chi connectivity index (χ1) is 9.96. The highest BCUT2D eigenvalue weighted by Gasteiger charge is 2.41. The number of rotatable bonds is 5. The van der Waals surface area contributed by atoms with Crippen molar-refractivity contribution in [2.45, 2.75) is 19.4 Å². The van der Waals surface area contributed by atoms with E-state index in [1.165, 1.54) is 0 Å². The summed E-state index contributed by atoms with van der Waals surface area (Å²) in [7, 11) is 0. The summed E-state index contributed by atoms with van der Waals surface area (Å²) in [6.45, 7) is 3.98. The molecule has 1 unspecified atom stereocenters. The van der Waals surface area contributed by atoms with Crippen molar-refractivity contribution >= 4 is 27.5 Å². The summed E-state index contributed by atoms with van der Waals surface area (Å²) >= 11 is 3.44. The summed E-state index contributed by atoms with van der Waals surface area (Å²) in [4.78, 5) is 12.3. The number of hydrogen-bond donors (Lipinski definition) is 2. The molecule has 0 aliphatic heterocycles. The second kappa shape index (κ2) is 6.31. The van der Waals surface area contributed by atoms with Gasteiger partial charge < -0.3 is 11.1 Å². The normalized spacial score (nSPS) is 13.7. The van der Waals surface area contributed by atoms with Crippen LogP contribution in [-0.2, 0) is 10.3 Å². The van der Waals surface area contributed by atoms with Crippen molar-refractivity contribution in [2.24, 2.45) is 11.7 Å². The number of carbonyl (C=O) groups is 1. The van der Waals surface area contributed by atoms with Gasteiger partial charge in [0, 0.05) is 10.2 Å². The molecule has 0 aliphatic rings. The highest BCUT2D eigenvalue weighted by molar-refractivity contribution is 9.10. The number of hydrogen-bond acceptors (Lipinski definition) is 2. The number of halogens is 1. The molecule has 0 bridgehead atoms. The molecule has 0 aromatic heterocycles. The third-order valence-electron chi connectivity index (χ3n) is 3.65. The topological polar surface area (TPSA) is 55.1 Å². The highest BCUT2D eigenvalue weighted by atomic mass is 79.9. The minimum Gasteiger partial charge on any atom is -0.367 e. The Morgan fingerprint density at radius 3 is 2.33 bits per heavy atom. The Bertz CT molecular complexity index is 628. The molecule has 4 heteroatoms. The fourth-order valence-electron chi connectivity index (χ4n) is 2.53. The average molecular weight is 347 g/mol. The Hall–Kier alpha value is -1.81. The lowest BCUT2D eigenvalue weighted by atomic mass is 9.79. The molecule has 0 saturated heterocycles. The van der Waals surface area contributed by atoms with Gasteiger partial charge in [-0.05, 0) is 29.7 Å². The summed E-state index contributed by atoms with van der Waals surface area (Å²) in [6, 6.07) is 17.3. The first kappa shape index (κ1) is 15.6. The van der Waals surface area contributed by atoms with Gasteiger partial charge >= 0.3 is 0 Å².